The highest BCUT2D eigenvalue weighted by atomic mass is 15.3. The number of rotatable bonds is 2. The van der Waals surface area contributed by atoms with Gasteiger partial charge in [-0.3, -0.25) is 0 Å². The molecule has 1 aliphatic rings. The quantitative estimate of drug-likeness (QED) is 0.913. The number of hydrogen-bond acceptors (Lipinski definition) is 5. The van der Waals surface area contributed by atoms with Gasteiger partial charge in [-0.25, -0.2) is 0 Å². The van der Waals surface area contributed by atoms with Crippen LogP contribution in [0.5, 0.6) is 0 Å². The smallest absolute Gasteiger partial charge is 0.206 e. The largest absolute Gasteiger partial charge is 0.384 e. The zero-order valence-electron chi connectivity index (χ0n) is 13.6. The third-order valence-corrected chi connectivity index (χ3v) is 4.44. The van der Waals surface area contributed by atoms with E-state index >= 15 is 0 Å². The van der Waals surface area contributed by atoms with Gasteiger partial charge in [-0.05, 0) is 30.2 Å². The van der Waals surface area contributed by atoms with Crippen molar-refractivity contribution < 1.29 is 0 Å². The summed E-state index contributed by atoms with van der Waals surface area (Å²) >= 11 is 0. The van der Waals surface area contributed by atoms with E-state index in [0.717, 1.165) is 16.8 Å². The average Bonchev–Trinajstić information content (AvgIpc) is 2.90. The Balaban J connectivity index is 2.32. The summed E-state index contributed by atoms with van der Waals surface area (Å²) in [6.07, 6.45) is 0. The second-order valence-corrected chi connectivity index (χ2v) is 5.93. The van der Waals surface area contributed by atoms with Gasteiger partial charge < -0.3 is 10.6 Å². The van der Waals surface area contributed by atoms with Crippen molar-refractivity contribution in [3.8, 4) is 18.2 Å². The molecule has 0 bridgehead atoms. The standard InChI is InChI=1S/C20H15N5/c1-14-6-5-9-16(10-14)25-18(15-7-3-2-4-8-15)20(12-22,13-23)17(11-21)19(25)24/h2-10,18H,24H2,1H3/t18-/m1/s1. The number of benzene rings is 2. The second-order valence-electron chi connectivity index (χ2n) is 5.93. The number of anilines is 1. The molecule has 0 saturated heterocycles. The number of hydrogen-bond donors (Lipinski definition) is 1. The molecule has 5 heteroatoms. The molecule has 120 valence electrons. The van der Waals surface area contributed by atoms with Gasteiger partial charge in [0.15, 0.2) is 0 Å². The lowest BCUT2D eigenvalue weighted by Crippen LogP contribution is -2.34. The molecule has 0 aromatic heterocycles. The summed E-state index contributed by atoms with van der Waals surface area (Å²) in [6, 6.07) is 22.2. The minimum atomic E-state index is -1.66. The van der Waals surface area contributed by atoms with Crippen molar-refractivity contribution in [2.75, 3.05) is 4.90 Å². The topological polar surface area (TPSA) is 101 Å². The predicted molar refractivity (Wildman–Crippen MR) is 93.3 cm³/mol. The molecule has 1 aliphatic heterocycles. The van der Waals surface area contributed by atoms with Crippen molar-refractivity contribution in [2.24, 2.45) is 11.1 Å². The van der Waals surface area contributed by atoms with Crippen LogP contribution in [0.1, 0.15) is 17.2 Å². The number of aryl methyl sites for hydroxylation is 1. The Bertz CT molecular complexity index is 956. The highest BCUT2D eigenvalue weighted by Crippen LogP contribution is 2.52. The van der Waals surface area contributed by atoms with Crippen LogP contribution >= 0.6 is 0 Å². The molecular weight excluding hydrogens is 310 g/mol. The van der Waals surface area contributed by atoms with Crippen LogP contribution in [0.15, 0.2) is 66.0 Å². The van der Waals surface area contributed by atoms with Gasteiger partial charge in [-0.1, -0.05) is 42.5 Å². The lowest BCUT2D eigenvalue weighted by Gasteiger charge is -2.32. The molecule has 0 aliphatic carbocycles. The van der Waals surface area contributed by atoms with E-state index in [0.29, 0.717) is 0 Å². The highest BCUT2D eigenvalue weighted by Gasteiger charge is 2.55. The first kappa shape index (κ1) is 16.1. The van der Waals surface area contributed by atoms with Crippen molar-refractivity contribution in [3.63, 3.8) is 0 Å². The van der Waals surface area contributed by atoms with Gasteiger partial charge in [0.25, 0.3) is 0 Å². The van der Waals surface area contributed by atoms with E-state index in [2.05, 4.69) is 12.1 Å². The second kappa shape index (κ2) is 6.04. The predicted octanol–water partition coefficient (Wildman–Crippen LogP) is 3.28. The minimum absolute atomic E-state index is 0.00661. The number of nitrogens with two attached hydrogens (primary N) is 1. The van der Waals surface area contributed by atoms with Crippen LogP contribution in [0.2, 0.25) is 0 Å². The van der Waals surface area contributed by atoms with Crippen LogP contribution in [0.25, 0.3) is 0 Å². The Morgan fingerprint density at radius 3 is 2.24 bits per heavy atom. The first-order valence-corrected chi connectivity index (χ1v) is 7.72. The summed E-state index contributed by atoms with van der Waals surface area (Å²) < 4.78 is 0. The van der Waals surface area contributed by atoms with Crippen LogP contribution in [-0.4, -0.2) is 0 Å². The monoisotopic (exact) mass is 325 g/mol. The van der Waals surface area contributed by atoms with E-state index in [1.54, 1.807) is 4.90 Å². The first-order chi connectivity index (χ1) is 12.1. The molecule has 25 heavy (non-hydrogen) atoms. The lowest BCUT2D eigenvalue weighted by atomic mass is 9.76. The van der Waals surface area contributed by atoms with Crippen molar-refractivity contribution in [2.45, 2.75) is 13.0 Å². The molecule has 2 aromatic rings. The van der Waals surface area contributed by atoms with Crippen molar-refractivity contribution in [1.29, 1.82) is 15.8 Å². The third kappa shape index (κ3) is 2.29. The van der Waals surface area contributed by atoms with E-state index in [4.69, 9.17) is 5.73 Å². The fourth-order valence-electron chi connectivity index (χ4n) is 3.30. The van der Waals surface area contributed by atoms with E-state index in [1.807, 2.05) is 67.6 Å². The molecule has 0 radical (unpaired) electrons. The Labute approximate surface area is 146 Å². The lowest BCUT2D eigenvalue weighted by molar-refractivity contribution is 0.521. The maximum atomic E-state index is 9.85. The van der Waals surface area contributed by atoms with Crippen LogP contribution in [0.3, 0.4) is 0 Å². The zero-order chi connectivity index (χ0) is 18.0. The Morgan fingerprint density at radius 1 is 1.00 bits per heavy atom. The molecule has 5 nitrogen and oxygen atoms in total. The molecule has 0 saturated carbocycles. The summed E-state index contributed by atoms with van der Waals surface area (Å²) in [5.74, 6) is 0.144. The Kier molecular flexibility index (Phi) is 3.89. The van der Waals surface area contributed by atoms with Crippen LogP contribution in [0.4, 0.5) is 5.69 Å². The number of nitrogens with zero attached hydrogens (tertiary/aromatic N) is 4. The summed E-state index contributed by atoms with van der Waals surface area (Å²) in [5.41, 5.74) is 7.09. The van der Waals surface area contributed by atoms with Crippen molar-refractivity contribution >= 4 is 5.69 Å². The zero-order valence-corrected chi connectivity index (χ0v) is 13.6. The molecule has 3 rings (SSSR count). The van der Waals surface area contributed by atoms with Crippen LogP contribution in [0, 0.1) is 46.3 Å². The van der Waals surface area contributed by atoms with Crippen LogP contribution in [-0.2, 0) is 0 Å². The molecular formula is C20H15N5. The third-order valence-electron chi connectivity index (χ3n) is 4.44. The van der Waals surface area contributed by atoms with Gasteiger partial charge in [0, 0.05) is 5.69 Å². The Morgan fingerprint density at radius 2 is 1.68 bits per heavy atom. The molecule has 0 fully saturated rings. The number of nitriles is 3. The van der Waals surface area contributed by atoms with Gasteiger partial charge in [-0.15, -0.1) is 0 Å². The fourth-order valence-corrected chi connectivity index (χ4v) is 3.30. The first-order valence-electron chi connectivity index (χ1n) is 7.72. The SMILES string of the molecule is Cc1cccc(N2C(N)=C(C#N)C(C#N)(C#N)[C@H]2c2ccccc2)c1. The van der Waals surface area contributed by atoms with Crippen molar-refractivity contribution in [1.82, 2.24) is 0 Å². The summed E-state index contributed by atoms with van der Waals surface area (Å²) in [7, 11) is 0. The molecule has 2 aromatic carbocycles. The van der Waals surface area contributed by atoms with Gasteiger partial charge in [-0.2, -0.15) is 15.8 Å². The van der Waals surface area contributed by atoms with E-state index < -0.39 is 11.5 Å². The van der Waals surface area contributed by atoms with Crippen molar-refractivity contribution in [3.05, 3.63) is 77.1 Å². The van der Waals surface area contributed by atoms with E-state index in [9.17, 15) is 15.8 Å². The molecule has 1 atom stereocenters. The highest BCUT2D eigenvalue weighted by molar-refractivity contribution is 5.67. The summed E-state index contributed by atoms with van der Waals surface area (Å²) in [6.45, 7) is 1.95. The molecule has 0 spiro atoms. The van der Waals surface area contributed by atoms with E-state index in [-0.39, 0.29) is 11.4 Å². The van der Waals surface area contributed by atoms with Gasteiger partial charge >= 0.3 is 0 Å². The average molecular weight is 325 g/mol. The molecule has 2 N–H and O–H groups in total. The Hall–Kier alpha value is -3.75. The fraction of sp³-hybridized carbons (Fsp3) is 0.150. The summed E-state index contributed by atoms with van der Waals surface area (Å²) in [4.78, 5) is 1.72. The van der Waals surface area contributed by atoms with Gasteiger partial charge in [0.2, 0.25) is 5.41 Å². The normalized spacial score (nSPS) is 18.3. The van der Waals surface area contributed by atoms with Crippen LogP contribution < -0.4 is 10.6 Å². The van der Waals surface area contributed by atoms with Gasteiger partial charge in [0.05, 0.1) is 18.2 Å². The molecule has 0 unspecified atom stereocenters. The summed E-state index contributed by atoms with van der Waals surface area (Å²) in [5, 5.41) is 29.3. The molecule has 1 heterocycles. The van der Waals surface area contributed by atoms with E-state index in [1.165, 1.54) is 0 Å². The maximum absolute atomic E-state index is 9.85. The minimum Gasteiger partial charge on any atom is -0.384 e. The van der Waals surface area contributed by atoms with Gasteiger partial charge in [0.1, 0.15) is 17.5 Å². The maximum Gasteiger partial charge on any atom is 0.206 e. The molecule has 0 amide bonds.